The molecule has 0 amide bonds. The SMILES string of the molecule is Nc1cc(Br)ccc1CN1CCC2CCCCC21. The fourth-order valence-electron chi connectivity index (χ4n) is 3.63. The van der Waals surface area contributed by atoms with Gasteiger partial charge in [0.05, 0.1) is 0 Å². The lowest BCUT2D eigenvalue weighted by Crippen LogP contribution is -2.34. The Hall–Kier alpha value is -0.540. The minimum Gasteiger partial charge on any atom is -0.398 e. The van der Waals surface area contributed by atoms with Crippen molar-refractivity contribution in [2.45, 2.75) is 44.7 Å². The van der Waals surface area contributed by atoms with Crippen LogP contribution < -0.4 is 5.73 Å². The van der Waals surface area contributed by atoms with Gasteiger partial charge in [-0.25, -0.2) is 0 Å². The van der Waals surface area contributed by atoms with Gasteiger partial charge in [-0.3, -0.25) is 4.90 Å². The van der Waals surface area contributed by atoms with E-state index in [1.54, 1.807) is 0 Å². The van der Waals surface area contributed by atoms with Gasteiger partial charge in [-0.2, -0.15) is 0 Å². The molecule has 98 valence electrons. The average molecular weight is 309 g/mol. The molecule has 0 aromatic heterocycles. The maximum Gasteiger partial charge on any atom is 0.0371 e. The number of benzene rings is 1. The fourth-order valence-corrected chi connectivity index (χ4v) is 4.01. The Balaban J connectivity index is 1.72. The summed E-state index contributed by atoms with van der Waals surface area (Å²) < 4.78 is 1.07. The molecule has 0 radical (unpaired) electrons. The van der Waals surface area contributed by atoms with Crippen LogP contribution in [-0.2, 0) is 6.54 Å². The highest BCUT2D eigenvalue weighted by Crippen LogP contribution is 2.37. The van der Waals surface area contributed by atoms with Gasteiger partial charge in [0.25, 0.3) is 0 Å². The quantitative estimate of drug-likeness (QED) is 0.842. The Labute approximate surface area is 118 Å². The van der Waals surface area contributed by atoms with Crippen molar-refractivity contribution in [3.8, 4) is 0 Å². The molecule has 0 bridgehead atoms. The van der Waals surface area contributed by atoms with Crippen LogP contribution in [0.2, 0.25) is 0 Å². The van der Waals surface area contributed by atoms with Crippen molar-refractivity contribution in [3.05, 3.63) is 28.2 Å². The third-order valence-electron chi connectivity index (χ3n) is 4.61. The van der Waals surface area contributed by atoms with E-state index in [1.807, 2.05) is 6.07 Å². The van der Waals surface area contributed by atoms with Crippen molar-refractivity contribution in [3.63, 3.8) is 0 Å². The van der Waals surface area contributed by atoms with Crippen LogP contribution >= 0.6 is 15.9 Å². The molecule has 2 fully saturated rings. The molecule has 2 N–H and O–H groups in total. The average Bonchev–Trinajstić information content (AvgIpc) is 2.76. The number of likely N-dealkylation sites (tertiary alicyclic amines) is 1. The van der Waals surface area contributed by atoms with Crippen molar-refractivity contribution < 1.29 is 0 Å². The third kappa shape index (κ3) is 2.43. The van der Waals surface area contributed by atoms with Gasteiger partial charge >= 0.3 is 0 Å². The molecule has 18 heavy (non-hydrogen) atoms. The van der Waals surface area contributed by atoms with Crippen molar-refractivity contribution in [1.29, 1.82) is 0 Å². The lowest BCUT2D eigenvalue weighted by atomic mass is 9.85. The van der Waals surface area contributed by atoms with Crippen LogP contribution in [0.25, 0.3) is 0 Å². The van der Waals surface area contributed by atoms with Crippen LogP contribution in [0, 0.1) is 5.92 Å². The first kappa shape index (κ1) is 12.5. The molecule has 1 heterocycles. The van der Waals surface area contributed by atoms with E-state index < -0.39 is 0 Å². The van der Waals surface area contributed by atoms with Gasteiger partial charge in [-0.05, 0) is 49.4 Å². The number of nitrogen functional groups attached to an aromatic ring is 1. The van der Waals surface area contributed by atoms with E-state index in [0.717, 1.165) is 28.7 Å². The van der Waals surface area contributed by atoms with Gasteiger partial charge in [-0.15, -0.1) is 0 Å². The summed E-state index contributed by atoms with van der Waals surface area (Å²) in [6.07, 6.45) is 7.07. The molecule has 1 aliphatic heterocycles. The largest absolute Gasteiger partial charge is 0.398 e. The first-order valence-corrected chi connectivity index (χ1v) is 7.81. The van der Waals surface area contributed by atoms with E-state index in [0.29, 0.717) is 0 Å². The van der Waals surface area contributed by atoms with E-state index in [4.69, 9.17) is 5.73 Å². The summed E-state index contributed by atoms with van der Waals surface area (Å²) in [5.41, 5.74) is 8.31. The first-order chi connectivity index (χ1) is 8.74. The van der Waals surface area contributed by atoms with Crippen LogP contribution in [0.5, 0.6) is 0 Å². The van der Waals surface area contributed by atoms with E-state index in [-0.39, 0.29) is 0 Å². The highest BCUT2D eigenvalue weighted by molar-refractivity contribution is 9.10. The highest BCUT2D eigenvalue weighted by Gasteiger charge is 2.35. The molecule has 3 rings (SSSR count). The number of nitrogens with two attached hydrogens (primary N) is 1. The van der Waals surface area contributed by atoms with E-state index in [2.05, 4.69) is 33.0 Å². The zero-order chi connectivity index (χ0) is 12.5. The number of anilines is 1. The van der Waals surface area contributed by atoms with Gasteiger partial charge < -0.3 is 5.73 Å². The second-order valence-electron chi connectivity index (χ2n) is 5.71. The van der Waals surface area contributed by atoms with Gasteiger partial charge in [-0.1, -0.05) is 34.8 Å². The molecular formula is C15H21BrN2. The number of nitrogens with zero attached hydrogens (tertiary/aromatic N) is 1. The van der Waals surface area contributed by atoms with E-state index >= 15 is 0 Å². The zero-order valence-corrected chi connectivity index (χ0v) is 12.3. The smallest absolute Gasteiger partial charge is 0.0371 e. The lowest BCUT2D eigenvalue weighted by Gasteiger charge is -2.32. The predicted octanol–water partition coefficient (Wildman–Crippen LogP) is 3.80. The number of fused-ring (bicyclic) bond motifs is 1. The Morgan fingerprint density at radius 2 is 2.06 bits per heavy atom. The number of rotatable bonds is 2. The normalized spacial score (nSPS) is 28.3. The van der Waals surface area contributed by atoms with Gasteiger partial charge in [0, 0.05) is 22.7 Å². The maximum absolute atomic E-state index is 6.11. The molecule has 2 aliphatic rings. The number of hydrogen-bond donors (Lipinski definition) is 1. The predicted molar refractivity (Wildman–Crippen MR) is 79.3 cm³/mol. The van der Waals surface area contributed by atoms with Gasteiger partial charge in [0.2, 0.25) is 0 Å². The Kier molecular flexibility index (Phi) is 3.62. The van der Waals surface area contributed by atoms with Crippen LogP contribution in [0.3, 0.4) is 0 Å². The molecule has 1 aromatic carbocycles. The molecule has 1 aromatic rings. The minimum atomic E-state index is 0.821. The standard InChI is InChI=1S/C15H21BrN2/c16-13-6-5-12(14(17)9-13)10-18-8-7-11-3-1-2-4-15(11)18/h5-6,9,11,15H,1-4,7-8,10,17H2. The van der Waals surface area contributed by atoms with E-state index in [9.17, 15) is 0 Å². The summed E-state index contributed by atoms with van der Waals surface area (Å²) in [5, 5.41) is 0. The number of halogens is 1. The van der Waals surface area contributed by atoms with E-state index in [1.165, 1.54) is 44.2 Å². The molecule has 2 atom stereocenters. The molecular weight excluding hydrogens is 288 g/mol. The van der Waals surface area contributed by atoms with Crippen LogP contribution in [0.15, 0.2) is 22.7 Å². The summed E-state index contributed by atoms with van der Waals surface area (Å²) >= 11 is 3.47. The third-order valence-corrected chi connectivity index (χ3v) is 5.10. The summed E-state index contributed by atoms with van der Waals surface area (Å²) in [5.74, 6) is 0.954. The molecule has 3 heteroatoms. The first-order valence-electron chi connectivity index (χ1n) is 7.02. The molecule has 0 spiro atoms. The maximum atomic E-state index is 6.11. The number of hydrogen-bond acceptors (Lipinski definition) is 2. The van der Waals surface area contributed by atoms with Crippen molar-refractivity contribution in [1.82, 2.24) is 4.90 Å². The van der Waals surface area contributed by atoms with Crippen molar-refractivity contribution in [2.75, 3.05) is 12.3 Å². The second-order valence-corrected chi connectivity index (χ2v) is 6.63. The Bertz CT molecular complexity index is 433. The lowest BCUT2D eigenvalue weighted by molar-refractivity contribution is 0.176. The summed E-state index contributed by atoms with van der Waals surface area (Å²) in [6.45, 7) is 2.28. The Morgan fingerprint density at radius 1 is 1.22 bits per heavy atom. The molecule has 1 saturated carbocycles. The second kappa shape index (κ2) is 5.22. The van der Waals surface area contributed by atoms with Crippen molar-refractivity contribution in [2.24, 2.45) is 5.92 Å². The van der Waals surface area contributed by atoms with Crippen LogP contribution in [-0.4, -0.2) is 17.5 Å². The van der Waals surface area contributed by atoms with Crippen LogP contribution in [0.4, 0.5) is 5.69 Å². The fraction of sp³-hybridized carbons (Fsp3) is 0.600. The summed E-state index contributed by atoms with van der Waals surface area (Å²) in [4.78, 5) is 2.66. The topological polar surface area (TPSA) is 29.3 Å². The minimum absolute atomic E-state index is 0.821. The highest BCUT2D eigenvalue weighted by atomic mass is 79.9. The molecule has 2 unspecified atom stereocenters. The van der Waals surface area contributed by atoms with Gasteiger partial charge in [0.15, 0.2) is 0 Å². The summed E-state index contributed by atoms with van der Waals surface area (Å²) in [6, 6.07) is 7.10. The molecule has 2 nitrogen and oxygen atoms in total. The monoisotopic (exact) mass is 308 g/mol. The van der Waals surface area contributed by atoms with Gasteiger partial charge in [0.1, 0.15) is 0 Å². The molecule has 1 saturated heterocycles. The van der Waals surface area contributed by atoms with Crippen molar-refractivity contribution >= 4 is 21.6 Å². The summed E-state index contributed by atoms with van der Waals surface area (Å²) in [7, 11) is 0. The zero-order valence-electron chi connectivity index (χ0n) is 10.7. The Morgan fingerprint density at radius 3 is 2.89 bits per heavy atom. The van der Waals surface area contributed by atoms with Crippen LogP contribution in [0.1, 0.15) is 37.7 Å². The molecule has 1 aliphatic carbocycles.